The van der Waals surface area contributed by atoms with Crippen LogP contribution in [-0.2, 0) is 9.47 Å². The van der Waals surface area contributed by atoms with Crippen molar-refractivity contribution < 1.29 is 9.47 Å². The molecule has 1 aromatic rings. The van der Waals surface area contributed by atoms with Crippen LogP contribution in [0.15, 0.2) is 6.07 Å². The zero-order valence-corrected chi connectivity index (χ0v) is 17.9. The van der Waals surface area contributed by atoms with Gasteiger partial charge in [-0.3, -0.25) is 0 Å². The molecule has 3 rings (SSSR count). The molecule has 0 radical (unpaired) electrons. The smallest absolute Gasteiger partial charge is 0.232 e. The molecule has 0 amide bonds. The minimum absolute atomic E-state index is 0.502. The number of nitrogens with zero attached hydrogens (tertiary/aromatic N) is 4. The molecule has 2 saturated heterocycles. The second kappa shape index (κ2) is 10.2. The molecular weight excluding hydrogens is 376 g/mol. The third-order valence-corrected chi connectivity index (χ3v) is 5.29. The number of thiocarbonyl (C=S) groups is 1. The van der Waals surface area contributed by atoms with Gasteiger partial charge in [-0.1, -0.05) is 13.8 Å². The van der Waals surface area contributed by atoms with Crippen molar-refractivity contribution in [3.8, 4) is 0 Å². The highest BCUT2D eigenvalue weighted by Gasteiger charge is 2.25. The number of rotatable bonds is 6. The van der Waals surface area contributed by atoms with E-state index in [0.717, 1.165) is 51.0 Å². The molecule has 0 unspecified atom stereocenters. The Morgan fingerprint density at radius 2 is 1.82 bits per heavy atom. The molecule has 3 heterocycles. The second-order valence-electron chi connectivity index (χ2n) is 7.73. The van der Waals surface area contributed by atoms with Crippen LogP contribution in [0.25, 0.3) is 0 Å². The Bertz CT molecular complexity index is 645. The molecular formula is C19H32N6O2S. The van der Waals surface area contributed by atoms with Crippen LogP contribution in [0.2, 0.25) is 0 Å². The quantitative estimate of drug-likeness (QED) is 0.541. The maximum Gasteiger partial charge on any atom is 0.232 e. The third-order valence-electron chi connectivity index (χ3n) is 5.04. The van der Waals surface area contributed by atoms with Crippen LogP contribution in [-0.4, -0.2) is 74.7 Å². The largest absolute Gasteiger partial charge is 0.383 e. The normalized spacial score (nSPS) is 22.8. The van der Waals surface area contributed by atoms with Crippen LogP contribution in [0.4, 0.5) is 17.6 Å². The predicted octanol–water partition coefficient (Wildman–Crippen LogP) is 1.73. The number of ether oxygens (including phenoxy) is 2. The Morgan fingerprint density at radius 3 is 2.46 bits per heavy atom. The maximum atomic E-state index is 5.49. The Kier molecular flexibility index (Phi) is 7.64. The van der Waals surface area contributed by atoms with E-state index in [0.29, 0.717) is 36.0 Å². The summed E-state index contributed by atoms with van der Waals surface area (Å²) < 4.78 is 10.5. The minimum atomic E-state index is 0.502. The summed E-state index contributed by atoms with van der Waals surface area (Å²) in [6.07, 6.45) is 1.26. The van der Waals surface area contributed by atoms with Crippen molar-refractivity contribution in [1.29, 1.82) is 0 Å². The number of piperidine rings is 1. The van der Waals surface area contributed by atoms with Crippen molar-refractivity contribution in [2.75, 3.05) is 74.8 Å². The van der Waals surface area contributed by atoms with Gasteiger partial charge in [0.05, 0.1) is 19.8 Å². The molecule has 0 saturated carbocycles. The highest BCUT2D eigenvalue weighted by atomic mass is 32.1. The number of anilines is 3. The molecule has 9 heteroatoms. The van der Waals surface area contributed by atoms with Gasteiger partial charge in [-0.15, -0.1) is 0 Å². The first-order valence-corrected chi connectivity index (χ1v) is 10.5. The van der Waals surface area contributed by atoms with Crippen molar-refractivity contribution in [1.82, 2.24) is 15.3 Å². The van der Waals surface area contributed by atoms with Gasteiger partial charge in [-0.05, 0) is 30.5 Å². The van der Waals surface area contributed by atoms with Crippen LogP contribution in [0.5, 0.6) is 0 Å². The van der Waals surface area contributed by atoms with Crippen molar-refractivity contribution in [2.45, 2.75) is 20.3 Å². The topological polar surface area (TPSA) is 74.8 Å². The zero-order valence-electron chi connectivity index (χ0n) is 17.1. The van der Waals surface area contributed by atoms with Crippen molar-refractivity contribution in [3.63, 3.8) is 0 Å². The summed E-state index contributed by atoms with van der Waals surface area (Å²) in [7, 11) is 1.67. The molecule has 0 aromatic carbocycles. The van der Waals surface area contributed by atoms with Crippen molar-refractivity contribution in [3.05, 3.63) is 6.07 Å². The average Bonchev–Trinajstić information content (AvgIpc) is 2.68. The second-order valence-corrected chi connectivity index (χ2v) is 8.14. The lowest BCUT2D eigenvalue weighted by Gasteiger charge is -2.36. The Labute approximate surface area is 173 Å². The number of hydrogen-bond acceptors (Lipinski definition) is 7. The van der Waals surface area contributed by atoms with Crippen LogP contribution in [0, 0.1) is 11.8 Å². The fourth-order valence-electron chi connectivity index (χ4n) is 3.86. The van der Waals surface area contributed by atoms with E-state index in [2.05, 4.69) is 40.3 Å². The monoisotopic (exact) mass is 408 g/mol. The minimum Gasteiger partial charge on any atom is -0.383 e. The van der Waals surface area contributed by atoms with Gasteiger partial charge in [0.25, 0.3) is 0 Å². The number of methoxy groups -OCH3 is 1. The molecule has 28 heavy (non-hydrogen) atoms. The standard InChI is InChI=1S/C19H32N6O2S/c1-14-10-15(2)13-25(12-14)17-11-16(24-5-8-27-9-6-24)21-18(22-17)23-19(28)20-4-7-26-3/h11,14-15H,4-10,12-13H2,1-3H3,(H2,20,21,22,23,28)/t14-,15-/m0/s1. The van der Waals surface area contributed by atoms with E-state index >= 15 is 0 Å². The number of aromatic nitrogens is 2. The molecule has 0 bridgehead atoms. The molecule has 2 atom stereocenters. The molecule has 2 aliphatic heterocycles. The third kappa shape index (κ3) is 5.89. The highest BCUT2D eigenvalue weighted by Crippen LogP contribution is 2.28. The van der Waals surface area contributed by atoms with E-state index in [1.807, 2.05) is 0 Å². The van der Waals surface area contributed by atoms with Crippen LogP contribution in [0.3, 0.4) is 0 Å². The van der Waals surface area contributed by atoms with Crippen LogP contribution >= 0.6 is 12.2 Å². The fourth-order valence-corrected chi connectivity index (χ4v) is 4.05. The van der Waals surface area contributed by atoms with Gasteiger partial charge in [0.15, 0.2) is 5.11 Å². The van der Waals surface area contributed by atoms with E-state index in [-0.39, 0.29) is 0 Å². The van der Waals surface area contributed by atoms with Crippen molar-refractivity contribution in [2.24, 2.45) is 11.8 Å². The first-order chi connectivity index (χ1) is 13.5. The maximum absolute atomic E-state index is 5.49. The molecule has 8 nitrogen and oxygen atoms in total. The number of hydrogen-bond donors (Lipinski definition) is 2. The lowest BCUT2D eigenvalue weighted by Crippen LogP contribution is -2.40. The van der Waals surface area contributed by atoms with Gasteiger partial charge in [0.2, 0.25) is 5.95 Å². The predicted molar refractivity (Wildman–Crippen MR) is 116 cm³/mol. The Hall–Kier alpha value is -1.71. The Morgan fingerprint density at radius 1 is 1.18 bits per heavy atom. The van der Waals surface area contributed by atoms with Crippen LogP contribution in [0.1, 0.15) is 20.3 Å². The summed E-state index contributed by atoms with van der Waals surface area (Å²) in [4.78, 5) is 14.1. The summed E-state index contributed by atoms with van der Waals surface area (Å²) in [5, 5.41) is 6.75. The summed E-state index contributed by atoms with van der Waals surface area (Å²) in [5.74, 6) is 3.70. The van der Waals surface area contributed by atoms with Gasteiger partial charge < -0.3 is 29.9 Å². The molecule has 156 valence electrons. The number of nitrogens with one attached hydrogen (secondary N) is 2. The lowest BCUT2D eigenvalue weighted by atomic mass is 9.92. The van der Waals surface area contributed by atoms with Crippen LogP contribution < -0.4 is 20.4 Å². The SMILES string of the molecule is COCCNC(=S)Nc1nc(N2CCOCC2)cc(N2C[C@@H](C)C[C@H](C)C2)n1. The van der Waals surface area contributed by atoms with E-state index in [4.69, 9.17) is 31.7 Å². The van der Waals surface area contributed by atoms with E-state index in [1.54, 1.807) is 7.11 Å². The van der Waals surface area contributed by atoms with E-state index in [9.17, 15) is 0 Å². The molecule has 0 aliphatic carbocycles. The van der Waals surface area contributed by atoms with Gasteiger partial charge in [-0.2, -0.15) is 9.97 Å². The number of morpholine rings is 1. The molecule has 2 N–H and O–H groups in total. The van der Waals surface area contributed by atoms with E-state index < -0.39 is 0 Å². The van der Waals surface area contributed by atoms with Gasteiger partial charge in [0.1, 0.15) is 11.6 Å². The molecule has 1 aromatic heterocycles. The highest BCUT2D eigenvalue weighted by molar-refractivity contribution is 7.80. The first kappa shape index (κ1) is 21.0. The van der Waals surface area contributed by atoms with Crippen molar-refractivity contribution >= 4 is 34.9 Å². The summed E-state index contributed by atoms with van der Waals surface area (Å²) >= 11 is 5.38. The fraction of sp³-hybridized carbons (Fsp3) is 0.737. The van der Waals surface area contributed by atoms with Gasteiger partial charge in [-0.25, -0.2) is 0 Å². The average molecular weight is 409 g/mol. The Balaban J connectivity index is 1.80. The van der Waals surface area contributed by atoms with Gasteiger partial charge >= 0.3 is 0 Å². The van der Waals surface area contributed by atoms with E-state index in [1.165, 1.54) is 6.42 Å². The zero-order chi connectivity index (χ0) is 19.9. The molecule has 2 fully saturated rings. The summed E-state index contributed by atoms with van der Waals surface area (Å²) in [5.41, 5.74) is 0. The summed E-state index contributed by atoms with van der Waals surface area (Å²) in [6, 6.07) is 2.10. The lowest BCUT2D eigenvalue weighted by molar-refractivity contribution is 0.122. The summed E-state index contributed by atoms with van der Waals surface area (Å²) in [6.45, 7) is 11.0. The first-order valence-electron chi connectivity index (χ1n) is 10.1. The van der Waals surface area contributed by atoms with Gasteiger partial charge in [0, 0.05) is 45.9 Å². The molecule has 2 aliphatic rings. The molecule has 0 spiro atoms.